The molecule has 0 aliphatic carbocycles. The van der Waals surface area contributed by atoms with Crippen LogP contribution in [-0.4, -0.2) is 20.9 Å². The number of carboxylic acids is 1. The van der Waals surface area contributed by atoms with Crippen molar-refractivity contribution >= 4 is 23.6 Å². The summed E-state index contributed by atoms with van der Waals surface area (Å²) in [4.78, 5) is 10.5. The summed E-state index contributed by atoms with van der Waals surface area (Å²) in [5, 5.41) is 13.5. The molecule has 5 heteroatoms. The largest absolute Gasteiger partial charge is 0.478 e. The topological polar surface area (TPSA) is 55.1 Å². The molecule has 0 bridgehead atoms. The van der Waals surface area contributed by atoms with E-state index in [0.29, 0.717) is 10.6 Å². The van der Waals surface area contributed by atoms with Gasteiger partial charge in [-0.15, -0.1) is 0 Å². The van der Waals surface area contributed by atoms with E-state index in [1.54, 1.807) is 16.8 Å². The Bertz CT molecular complexity index is 659. The average molecular weight is 277 g/mol. The van der Waals surface area contributed by atoms with Crippen molar-refractivity contribution in [1.29, 1.82) is 0 Å². The van der Waals surface area contributed by atoms with Crippen LogP contribution in [-0.2, 0) is 4.79 Å². The Balaban J connectivity index is 2.39. The first-order chi connectivity index (χ1) is 8.97. The van der Waals surface area contributed by atoms with Crippen LogP contribution < -0.4 is 0 Å². The van der Waals surface area contributed by atoms with Gasteiger partial charge in [-0.1, -0.05) is 17.7 Å². The molecule has 1 heterocycles. The molecule has 0 aliphatic rings. The van der Waals surface area contributed by atoms with Gasteiger partial charge in [-0.2, -0.15) is 5.10 Å². The number of hydrogen-bond donors (Lipinski definition) is 1. The van der Waals surface area contributed by atoms with Crippen molar-refractivity contribution in [3.8, 4) is 5.69 Å². The summed E-state index contributed by atoms with van der Waals surface area (Å²) in [6.45, 7) is 3.89. The normalized spacial score (nSPS) is 11.1. The molecule has 0 atom stereocenters. The maximum atomic E-state index is 10.5. The fourth-order valence-electron chi connectivity index (χ4n) is 1.83. The zero-order chi connectivity index (χ0) is 14.0. The monoisotopic (exact) mass is 276 g/mol. The van der Waals surface area contributed by atoms with Gasteiger partial charge in [0.05, 0.1) is 11.4 Å². The summed E-state index contributed by atoms with van der Waals surface area (Å²) in [7, 11) is 0. The van der Waals surface area contributed by atoms with E-state index in [1.807, 2.05) is 26.0 Å². The number of benzene rings is 1. The molecule has 1 aromatic carbocycles. The number of rotatable bonds is 3. The molecule has 0 amide bonds. The highest BCUT2D eigenvalue weighted by atomic mass is 35.5. The summed E-state index contributed by atoms with van der Waals surface area (Å²) in [6.07, 6.45) is 2.53. The van der Waals surface area contributed by atoms with Crippen LogP contribution in [0, 0.1) is 13.8 Å². The Hall–Kier alpha value is -2.07. The minimum atomic E-state index is -1.00. The van der Waals surface area contributed by atoms with Crippen LogP contribution >= 0.6 is 11.6 Å². The van der Waals surface area contributed by atoms with Gasteiger partial charge >= 0.3 is 5.97 Å². The summed E-state index contributed by atoms with van der Waals surface area (Å²) < 4.78 is 1.80. The number of hydrogen-bond acceptors (Lipinski definition) is 2. The van der Waals surface area contributed by atoms with Crippen LogP contribution in [0.5, 0.6) is 0 Å². The minimum Gasteiger partial charge on any atom is -0.478 e. The molecule has 0 saturated carbocycles. The molecule has 0 unspecified atom stereocenters. The number of aromatic nitrogens is 2. The second-order valence-electron chi connectivity index (χ2n) is 4.22. The number of carboxylic acid groups (broad SMARTS) is 1. The quantitative estimate of drug-likeness (QED) is 0.876. The number of aryl methyl sites for hydroxylation is 2. The summed E-state index contributed by atoms with van der Waals surface area (Å²) in [5.41, 5.74) is 3.46. The Morgan fingerprint density at radius 1 is 1.37 bits per heavy atom. The van der Waals surface area contributed by atoms with E-state index >= 15 is 0 Å². The van der Waals surface area contributed by atoms with Crippen molar-refractivity contribution in [2.75, 3.05) is 0 Å². The van der Waals surface area contributed by atoms with Gasteiger partial charge in [0.2, 0.25) is 0 Å². The summed E-state index contributed by atoms with van der Waals surface area (Å²) in [6, 6.07) is 7.37. The van der Waals surface area contributed by atoms with Gasteiger partial charge in [0.1, 0.15) is 0 Å². The van der Waals surface area contributed by atoms with Crippen molar-refractivity contribution in [3.05, 3.63) is 52.3 Å². The Morgan fingerprint density at radius 3 is 2.63 bits per heavy atom. The standard InChI is InChI=1S/C14H13ClN2O2/c1-9-7-10(2)17(16-9)12-5-3-11(13(15)8-12)4-6-14(18)19/h3-8H,1-2H3,(H,18,19)/b6-4+. The van der Waals surface area contributed by atoms with Gasteiger partial charge < -0.3 is 5.11 Å². The summed E-state index contributed by atoms with van der Waals surface area (Å²) in [5.74, 6) is -1.00. The molecule has 1 aromatic heterocycles. The third-order valence-corrected chi connectivity index (χ3v) is 2.97. The second kappa shape index (κ2) is 5.28. The maximum absolute atomic E-state index is 10.5. The van der Waals surface area contributed by atoms with Gasteiger partial charge in [-0.3, -0.25) is 0 Å². The van der Waals surface area contributed by atoms with Crippen LogP contribution in [0.3, 0.4) is 0 Å². The van der Waals surface area contributed by atoms with E-state index in [0.717, 1.165) is 23.2 Å². The number of aliphatic carboxylic acids is 1. The highest BCUT2D eigenvalue weighted by molar-refractivity contribution is 6.32. The smallest absolute Gasteiger partial charge is 0.328 e. The van der Waals surface area contributed by atoms with Gasteiger partial charge in [0, 0.05) is 16.8 Å². The van der Waals surface area contributed by atoms with Crippen molar-refractivity contribution in [1.82, 2.24) is 9.78 Å². The molecule has 1 N–H and O–H groups in total. The van der Waals surface area contributed by atoms with Crippen LogP contribution in [0.1, 0.15) is 17.0 Å². The van der Waals surface area contributed by atoms with Gasteiger partial charge in [-0.05, 0) is 43.7 Å². The molecule has 0 radical (unpaired) electrons. The fraction of sp³-hybridized carbons (Fsp3) is 0.143. The van der Waals surface area contributed by atoms with E-state index in [4.69, 9.17) is 16.7 Å². The molecule has 4 nitrogen and oxygen atoms in total. The maximum Gasteiger partial charge on any atom is 0.328 e. The molecule has 2 aromatic rings. The molecular formula is C14H13ClN2O2. The number of halogens is 1. The first kappa shape index (κ1) is 13.4. The second-order valence-corrected chi connectivity index (χ2v) is 4.62. The highest BCUT2D eigenvalue weighted by Gasteiger charge is 2.06. The van der Waals surface area contributed by atoms with Gasteiger partial charge in [0.25, 0.3) is 0 Å². The zero-order valence-electron chi connectivity index (χ0n) is 10.6. The molecule has 98 valence electrons. The number of nitrogens with zero attached hydrogens (tertiary/aromatic N) is 2. The first-order valence-electron chi connectivity index (χ1n) is 5.71. The van der Waals surface area contributed by atoms with Gasteiger partial charge in [0.15, 0.2) is 0 Å². The van der Waals surface area contributed by atoms with E-state index in [9.17, 15) is 4.79 Å². The van der Waals surface area contributed by atoms with Crippen molar-refractivity contribution in [3.63, 3.8) is 0 Å². The van der Waals surface area contributed by atoms with Crippen molar-refractivity contribution < 1.29 is 9.90 Å². The van der Waals surface area contributed by atoms with E-state index < -0.39 is 5.97 Å². The third-order valence-electron chi connectivity index (χ3n) is 2.64. The fourth-order valence-corrected chi connectivity index (χ4v) is 2.07. The Kier molecular flexibility index (Phi) is 3.71. The third kappa shape index (κ3) is 3.03. The SMILES string of the molecule is Cc1cc(C)n(-c2ccc(/C=C/C(=O)O)c(Cl)c2)n1. The lowest BCUT2D eigenvalue weighted by Crippen LogP contribution is -1.99. The zero-order valence-corrected chi connectivity index (χ0v) is 11.3. The molecule has 0 saturated heterocycles. The lowest BCUT2D eigenvalue weighted by Gasteiger charge is -2.06. The highest BCUT2D eigenvalue weighted by Crippen LogP contribution is 2.22. The lowest BCUT2D eigenvalue weighted by molar-refractivity contribution is -0.131. The molecule has 0 spiro atoms. The predicted octanol–water partition coefficient (Wildman–Crippen LogP) is 3.24. The summed E-state index contributed by atoms with van der Waals surface area (Å²) >= 11 is 6.14. The molecule has 2 rings (SSSR count). The average Bonchev–Trinajstić information content (AvgIpc) is 2.66. The first-order valence-corrected chi connectivity index (χ1v) is 6.09. The van der Waals surface area contributed by atoms with Gasteiger partial charge in [-0.25, -0.2) is 9.48 Å². The Morgan fingerprint density at radius 2 is 2.11 bits per heavy atom. The molecule has 0 aliphatic heterocycles. The van der Waals surface area contributed by atoms with Crippen LogP contribution in [0.15, 0.2) is 30.3 Å². The Labute approximate surface area is 115 Å². The lowest BCUT2D eigenvalue weighted by atomic mass is 10.2. The van der Waals surface area contributed by atoms with E-state index in [1.165, 1.54) is 6.08 Å². The van der Waals surface area contributed by atoms with Crippen LogP contribution in [0.25, 0.3) is 11.8 Å². The van der Waals surface area contributed by atoms with Crippen LogP contribution in [0.4, 0.5) is 0 Å². The predicted molar refractivity (Wildman–Crippen MR) is 74.7 cm³/mol. The number of carbonyl (C=O) groups is 1. The van der Waals surface area contributed by atoms with Crippen molar-refractivity contribution in [2.24, 2.45) is 0 Å². The van der Waals surface area contributed by atoms with E-state index in [2.05, 4.69) is 5.10 Å². The molecule has 0 fully saturated rings. The van der Waals surface area contributed by atoms with Crippen molar-refractivity contribution in [2.45, 2.75) is 13.8 Å². The molecule has 19 heavy (non-hydrogen) atoms. The van der Waals surface area contributed by atoms with E-state index in [-0.39, 0.29) is 0 Å². The van der Waals surface area contributed by atoms with Crippen LogP contribution in [0.2, 0.25) is 5.02 Å². The minimum absolute atomic E-state index is 0.488. The molecular weight excluding hydrogens is 264 g/mol.